The van der Waals surface area contributed by atoms with Crippen LogP contribution in [0.3, 0.4) is 0 Å². The number of hydrogen-bond donors (Lipinski definition) is 1. The van der Waals surface area contributed by atoms with E-state index in [1.54, 1.807) is 12.1 Å². The van der Waals surface area contributed by atoms with Crippen molar-refractivity contribution in [3.63, 3.8) is 0 Å². The van der Waals surface area contributed by atoms with Crippen molar-refractivity contribution in [3.05, 3.63) is 23.2 Å². The zero-order valence-corrected chi connectivity index (χ0v) is 23.6. The van der Waals surface area contributed by atoms with Gasteiger partial charge in [0.1, 0.15) is 17.0 Å². The second-order valence-electron chi connectivity index (χ2n) is 11.2. The number of rotatable bonds is 7. The van der Waals surface area contributed by atoms with Gasteiger partial charge >= 0.3 is 6.18 Å². The summed E-state index contributed by atoms with van der Waals surface area (Å²) in [5, 5.41) is 10.5. The van der Waals surface area contributed by atoms with Gasteiger partial charge in [0.15, 0.2) is 9.84 Å². The van der Waals surface area contributed by atoms with Crippen LogP contribution in [0.5, 0.6) is 0 Å². The predicted octanol–water partition coefficient (Wildman–Crippen LogP) is 2.74. The third-order valence-corrected chi connectivity index (χ3v) is 11.3. The Morgan fingerprint density at radius 2 is 1.80 bits per heavy atom. The van der Waals surface area contributed by atoms with E-state index in [2.05, 4.69) is 22.0 Å². The largest absolute Gasteiger partial charge is 0.403 e. The van der Waals surface area contributed by atoms with Crippen LogP contribution in [0.2, 0.25) is 5.02 Å². The van der Waals surface area contributed by atoms with Crippen LogP contribution < -0.4 is 10.2 Å². The minimum absolute atomic E-state index is 0.0310. The van der Waals surface area contributed by atoms with E-state index in [1.165, 1.54) is 6.07 Å². The minimum atomic E-state index is -4.83. The molecule has 1 aromatic carbocycles. The van der Waals surface area contributed by atoms with Crippen LogP contribution in [0.1, 0.15) is 39.0 Å². The van der Waals surface area contributed by atoms with Crippen LogP contribution in [0.4, 0.5) is 18.9 Å². The van der Waals surface area contributed by atoms with Crippen LogP contribution in [-0.4, -0.2) is 92.3 Å². The lowest BCUT2D eigenvalue weighted by molar-refractivity contribution is -0.199. The highest BCUT2D eigenvalue weighted by Crippen LogP contribution is 2.59. The summed E-state index contributed by atoms with van der Waals surface area (Å²) in [6.45, 7) is 5.65. The van der Waals surface area contributed by atoms with Crippen LogP contribution in [0, 0.1) is 16.7 Å². The second-order valence-corrected chi connectivity index (χ2v) is 13.8. The monoisotopic (exact) mass is 601 g/mol. The Morgan fingerprint density at radius 1 is 1.15 bits per heavy atom. The summed E-state index contributed by atoms with van der Waals surface area (Å²) in [7, 11) is -4.24. The Labute approximate surface area is 236 Å². The molecule has 218 valence electrons. The zero-order valence-electron chi connectivity index (χ0n) is 22.0. The van der Waals surface area contributed by atoms with Gasteiger partial charge in [-0.2, -0.15) is 18.4 Å². The number of nitrogens with one attached hydrogen (secondary N) is 1. The minimum Gasteiger partial charge on any atom is -0.369 e. The maximum Gasteiger partial charge on any atom is 0.403 e. The highest BCUT2D eigenvalue weighted by atomic mass is 35.5. The molecule has 0 bridgehead atoms. The van der Waals surface area contributed by atoms with E-state index < -0.39 is 75.9 Å². The molecule has 2 unspecified atom stereocenters. The summed E-state index contributed by atoms with van der Waals surface area (Å²) >= 11 is 6.46. The molecule has 2 heterocycles. The van der Waals surface area contributed by atoms with Crippen molar-refractivity contribution in [1.82, 2.24) is 15.1 Å². The number of sulfone groups is 1. The van der Waals surface area contributed by atoms with Crippen molar-refractivity contribution in [2.75, 3.05) is 44.2 Å². The normalized spacial score (nSPS) is 25.8. The standard InChI is InChI=1S/C26H31ClF3N5O4S/c1-2-33-9-11-34(12-10-33)17-3-4-21(19(27)13-17)40(38,39)18-14-20(22(36)32-24(16-31)5-6-24)35(15-18)23(37)25(7-8-25)26(28,29)30/h3-4,13,18,20H,2,5-12,14-15H2,1H3,(H,32,36). The van der Waals surface area contributed by atoms with E-state index >= 15 is 0 Å². The molecule has 1 aromatic rings. The Kier molecular flexibility index (Phi) is 7.28. The highest BCUT2D eigenvalue weighted by molar-refractivity contribution is 7.92. The van der Waals surface area contributed by atoms with Crippen molar-refractivity contribution in [3.8, 4) is 6.07 Å². The molecule has 0 aromatic heterocycles. The number of carbonyl (C=O) groups is 2. The van der Waals surface area contributed by atoms with Crippen molar-refractivity contribution < 1.29 is 31.2 Å². The average Bonchev–Trinajstić information content (AvgIpc) is 3.84. The molecule has 2 amide bonds. The summed E-state index contributed by atoms with van der Waals surface area (Å²) in [5.41, 5.74) is -2.99. The summed E-state index contributed by atoms with van der Waals surface area (Å²) < 4.78 is 68.9. The first-order valence-corrected chi connectivity index (χ1v) is 15.3. The summed E-state index contributed by atoms with van der Waals surface area (Å²) in [6.07, 6.45) is -5.31. The molecule has 2 aliphatic heterocycles. The number of hydrogen-bond acceptors (Lipinski definition) is 7. The molecule has 14 heteroatoms. The fraction of sp³-hybridized carbons (Fsp3) is 0.654. The maximum absolute atomic E-state index is 13.8. The van der Waals surface area contributed by atoms with E-state index in [-0.39, 0.29) is 9.92 Å². The third-order valence-electron chi connectivity index (χ3n) is 8.70. The lowest BCUT2D eigenvalue weighted by atomic mass is 10.0. The van der Waals surface area contributed by atoms with Gasteiger partial charge in [0.2, 0.25) is 11.8 Å². The highest BCUT2D eigenvalue weighted by Gasteiger charge is 2.70. The Bertz CT molecular complexity index is 1350. The number of nitriles is 1. The molecule has 4 aliphatic rings. The number of halogens is 4. The number of amides is 2. The smallest absolute Gasteiger partial charge is 0.369 e. The van der Waals surface area contributed by atoms with E-state index in [0.717, 1.165) is 43.3 Å². The number of nitrogens with zero attached hydrogens (tertiary/aromatic N) is 4. The fourth-order valence-corrected chi connectivity index (χ4v) is 7.88. The molecule has 2 saturated heterocycles. The van der Waals surface area contributed by atoms with Gasteiger partial charge in [-0.15, -0.1) is 0 Å². The quantitative estimate of drug-likeness (QED) is 0.511. The molecule has 2 saturated carbocycles. The molecular formula is C26H31ClF3N5O4S. The van der Waals surface area contributed by atoms with E-state index in [1.807, 2.05) is 6.07 Å². The number of piperazine rings is 1. The van der Waals surface area contributed by atoms with Gasteiger partial charge in [-0.3, -0.25) is 9.59 Å². The average molecular weight is 602 g/mol. The molecule has 0 spiro atoms. The molecule has 2 aliphatic carbocycles. The first kappa shape index (κ1) is 29.0. The SMILES string of the molecule is CCN1CCN(c2ccc(S(=O)(=O)C3CC(C(=O)NC4(C#N)CC4)N(C(=O)C4(C(F)(F)F)CC4)C3)c(Cl)c2)CC1. The molecule has 0 radical (unpaired) electrons. The van der Waals surface area contributed by atoms with Gasteiger partial charge in [0.05, 0.1) is 21.2 Å². The Balaban J connectivity index is 1.40. The fourth-order valence-electron chi connectivity index (χ4n) is 5.64. The molecule has 5 rings (SSSR count). The molecular weight excluding hydrogens is 571 g/mol. The second kappa shape index (κ2) is 10.1. The molecule has 1 N–H and O–H groups in total. The number of likely N-dealkylation sites (N-methyl/N-ethyl adjacent to an activating group) is 1. The Hall–Kier alpha value is -2.56. The lowest BCUT2D eigenvalue weighted by Gasteiger charge is -2.35. The van der Waals surface area contributed by atoms with Gasteiger partial charge in [-0.25, -0.2) is 8.42 Å². The topological polar surface area (TPSA) is 114 Å². The number of anilines is 1. The summed E-state index contributed by atoms with van der Waals surface area (Å²) in [6, 6.07) is 5.11. The predicted molar refractivity (Wildman–Crippen MR) is 140 cm³/mol. The van der Waals surface area contributed by atoms with Crippen molar-refractivity contribution in [2.45, 2.75) is 66.9 Å². The number of likely N-dealkylation sites (tertiary alicyclic amines) is 1. The number of carbonyl (C=O) groups excluding carboxylic acids is 2. The van der Waals surface area contributed by atoms with E-state index in [4.69, 9.17) is 11.6 Å². The number of alkyl halides is 3. The van der Waals surface area contributed by atoms with Crippen molar-refractivity contribution >= 4 is 38.9 Å². The van der Waals surface area contributed by atoms with Gasteiger partial charge in [-0.1, -0.05) is 18.5 Å². The lowest BCUT2D eigenvalue weighted by Crippen LogP contribution is -2.53. The molecule has 4 fully saturated rings. The van der Waals surface area contributed by atoms with E-state index in [9.17, 15) is 36.4 Å². The Morgan fingerprint density at radius 3 is 2.30 bits per heavy atom. The van der Waals surface area contributed by atoms with Crippen LogP contribution >= 0.6 is 11.6 Å². The zero-order chi connectivity index (χ0) is 29.1. The van der Waals surface area contributed by atoms with Gasteiger partial charge in [-0.05, 0) is 56.8 Å². The van der Waals surface area contributed by atoms with Gasteiger partial charge < -0.3 is 20.0 Å². The van der Waals surface area contributed by atoms with Gasteiger partial charge in [0.25, 0.3) is 0 Å². The number of benzene rings is 1. The van der Waals surface area contributed by atoms with Crippen LogP contribution in [0.25, 0.3) is 0 Å². The first-order valence-electron chi connectivity index (χ1n) is 13.4. The van der Waals surface area contributed by atoms with Crippen molar-refractivity contribution in [2.24, 2.45) is 5.41 Å². The van der Waals surface area contributed by atoms with Crippen LogP contribution in [0.15, 0.2) is 23.1 Å². The van der Waals surface area contributed by atoms with Crippen molar-refractivity contribution in [1.29, 1.82) is 5.26 Å². The third kappa shape index (κ3) is 5.03. The maximum atomic E-state index is 13.8. The van der Waals surface area contributed by atoms with Crippen LogP contribution in [-0.2, 0) is 19.4 Å². The van der Waals surface area contributed by atoms with E-state index in [0.29, 0.717) is 12.8 Å². The molecule has 9 nitrogen and oxygen atoms in total. The summed E-state index contributed by atoms with van der Waals surface area (Å²) in [5.74, 6) is -2.12. The summed E-state index contributed by atoms with van der Waals surface area (Å²) in [4.78, 5) is 31.3. The molecule has 40 heavy (non-hydrogen) atoms. The first-order chi connectivity index (χ1) is 18.8. The van der Waals surface area contributed by atoms with Gasteiger partial charge in [0, 0.05) is 38.4 Å². The molecule has 2 atom stereocenters.